The van der Waals surface area contributed by atoms with Crippen molar-refractivity contribution in [1.82, 2.24) is 9.80 Å². The number of halogens is 1. The van der Waals surface area contributed by atoms with Crippen LogP contribution >= 0.6 is 11.6 Å². The minimum Gasteiger partial charge on any atom is -0.351 e. The zero-order valence-corrected chi connectivity index (χ0v) is 16.0. The Bertz CT molecular complexity index is 720. The molecule has 1 aromatic rings. The van der Waals surface area contributed by atoms with E-state index in [9.17, 15) is 9.59 Å². The Balaban J connectivity index is 1.46. The van der Waals surface area contributed by atoms with Crippen molar-refractivity contribution >= 4 is 23.4 Å². The smallest absolute Gasteiger partial charge is 0.227 e. The summed E-state index contributed by atoms with van der Waals surface area (Å²) in [6, 6.07) is 7.58. The number of amides is 2. The molecule has 0 radical (unpaired) electrons. The first kappa shape index (κ1) is 17.8. The van der Waals surface area contributed by atoms with Gasteiger partial charge in [0.15, 0.2) is 5.72 Å². The summed E-state index contributed by atoms with van der Waals surface area (Å²) in [6.45, 7) is 5.49. The third kappa shape index (κ3) is 2.72. The SMILES string of the molecule is CC(C)[C@@H]1CO[C@@]23CCN(C(=O)CCc4ccc(Cl)cc4)[C@@H]2CC(=O)N13. The molecule has 1 spiro atoms. The van der Waals surface area contributed by atoms with Gasteiger partial charge in [0.1, 0.15) is 0 Å². The van der Waals surface area contributed by atoms with Gasteiger partial charge in [-0.3, -0.25) is 9.59 Å². The van der Waals surface area contributed by atoms with Crippen LogP contribution in [0.5, 0.6) is 0 Å². The Morgan fingerprint density at radius 1 is 1.35 bits per heavy atom. The molecule has 0 aromatic heterocycles. The number of likely N-dealkylation sites (tertiary alicyclic amines) is 1. The number of nitrogens with zero attached hydrogens (tertiary/aromatic N) is 2. The number of carbonyl (C=O) groups excluding carboxylic acids is 2. The van der Waals surface area contributed by atoms with Crippen LogP contribution in [0.4, 0.5) is 0 Å². The van der Waals surface area contributed by atoms with Gasteiger partial charge in [-0.2, -0.15) is 0 Å². The van der Waals surface area contributed by atoms with E-state index in [0.717, 1.165) is 12.0 Å². The molecule has 3 atom stereocenters. The summed E-state index contributed by atoms with van der Waals surface area (Å²) >= 11 is 5.91. The van der Waals surface area contributed by atoms with Gasteiger partial charge in [0.25, 0.3) is 0 Å². The van der Waals surface area contributed by atoms with Gasteiger partial charge in [-0.15, -0.1) is 0 Å². The number of benzene rings is 1. The Hall–Kier alpha value is -1.59. The van der Waals surface area contributed by atoms with Crippen LogP contribution in [0.3, 0.4) is 0 Å². The first-order valence-corrected chi connectivity index (χ1v) is 9.80. The molecular formula is C20H25ClN2O3. The van der Waals surface area contributed by atoms with Crippen LogP contribution in [0.25, 0.3) is 0 Å². The zero-order chi connectivity index (χ0) is 18.5. The van der Waals surface area contributed by atoms with Gasteiger partial charge in [-0.25, -0.2) is 0 Å². The van der Waals surface area contributed by atoms with Crippen molar-refractivity contribution in [3.05, 3.63) is 34.9 Å². The van der Waals surface area contributed by atoms with E-state index in [4.69, 9.17) is 16.3 Å². The monoisotopic (exact) mass is 376 g/mol. The largest absolute Gasteiger partial charge is 0.351 e. The molecule has 1 aromatic carbocycles. The standard InChI is InChI=1S/C20H25ClN2O3/c1-13(2)16-12-26-20-9-10-22(17(20)11-19(25)23(16)20)18(24)8-5-14-3-6-15(21)7-4-14/h3-4,6-7,13,16-17H,5,8-12H2,1-2H3/t16-,17+,20-/m0/s1. The van der Waals surface area contributed by atoms with E-state index in [2.05, 4.69) is 13.8 Å². The van der Waals surface area contributed by atoms with Crippen molar-refractivity contribution in [2.75, 3.05) is 13.2 Å². The second kappa shape index (κ2) is 6.54. The fourth-order valence-electron chi connectivity index (χ4n) is 4.71. The molecule has 0 N–H and O–H groups in total. The van der Waals surface area contributed by atoms with Crippen LogP contribution in [-0.4, -0.2) is 52.6 Å². The number of hydrogen-bond donors (Lipinski definition) is 0. The predicted octanol–water partition coefficient (Wildman–Crippen LogP) is 2.86. The lowest BCUT2D eigenvalue weighted by molar-refractivity contribution is -0.141. The number of aryl methyl sites for hydroxylation is 1. The first-order valence-electron chi connectivity index (χ1n) is 9.42. The molecule has 3 heterocycles. The van der Waals surface area contributed by atoms with Crippen molar-refractivity contribution in [3.63, 3.8) is 0 Å². The predicted molar refractivity (Wildman–Crippen MR) is 98.7 cm³/mol. The minimum atomic E-state index is -0.581. The molecule has 2 amide bonds. The molecule has 140 valence electrons. The van der Waals surface area contributed by atoms with E-state index in [0.29, 0.717) is 43.4 Å². The molecule has 3 fully saturated rings. The van der Waals surface area contributed by atoms with Gasteiger partial charge < -0.3 is 14.5 Å². The molecule has 3 aliphatic heterocycles. The Kier molecular flexibility index (Phi) is 4.48. The number of carbonyl (C=O) groups is 2. The maximum atomic E-state index is 12.9. The maximum Gasteiger partial charge on any atom is 0.227 e. The molecule has 0 bridgehead atoms. The average molecular weight is 377 g/mol. The van der Waals surface area contributed by atoms with E-state index >= 15 is 0 Å². The average Bonchev–Trinajstić information content (AvgIpc) is 3.23. The van der Waals surface area contributed by atoms with Crippen molar-refractivity contribution < 1.29 is 14.3 Å². The molecule has 3 saturated heterocycles. The third-order valence-electron chi connectivity index (χ3n) is 6.12. The van der Waals surface area contributed by atoms with Gasteiger partial charge in [0, 0.05) is 24.4 Å². The minimum absolute atomic E-state index is 0.105. The van der Waals surface area contributed by atoms with Crippen LogP contribution in [0.2, 0.25) is 5.02 Å². The lowest BCUT2D eigenvalue weighted by Crippen LogP contribution is -2.51. The fraction of sp³-hybridized carbons (Fsp3) is 0.600. The van der Waals surface area contributed by atoms with Crippen molar-refractivity contribution in [2.45, 2.75) is 57.3 Å². The van der Waals surface area contributed by atoms with Gasteiger partial charge in [-0.05, 0) is 30.0 Å². The summed E-state index contributed by atoms with van der Waals surface area (Å²) in [5, 5.41) is 0.698. The summed E-state index contributed by atoms with van der Waals surface area (Å²) in [5.41, 5.74) is 0.514. The van der Waals surface area contributed by atoms with Crippen molar-refractivity contribution in [1.29, 1.82) is 0 Å². The van der Waals surface area contributed by atoms with Crippen LogP contribution in [-0.2, 0) is 20.7 Å². The topological polar surface area (TPSA) is 49.9 Å². The molecule has 0 saturated carbocycles. The van der Waals surface area contributed by atoms with E-state index in [1.165, 1.54) is 0 Å². The Morgan fingerprint density at radius 2 is 2.08 bits per heavy atom. The fourth-order valence-corrected chi connectivity index (χ4v) is 4.84. The zero-order valence-electron chi connectivity index (χ0n) is 15.3. The highest BCUT2D eigenvalue weighted by molar-refractivity contribution is 6.30. The van der Waals surface area contributed by atoms with Crippen molar-refractivity contribution in [3.8, 4) is 0 Å². The summed E-state index contributed by atoms with van der Waals surface area (Å²) < 4.78 is 6.19. The van der Waals surface area contributed by atoms with E-state index < -0.39 is 5.72 Å². The number of hydrogen-bond acceptors (Lipinski definition) is 3. The molecular weight excluding hydrogens is 352 g/mol. The van der Waals surface area contributed by atoms with Gasteiger partial charge in [0.05, 0.1) is 25.1 Å². The second-order valence-electron chi connectivity index (χ2n) is 7.91. The summed E-state index contributed by atoms with van der Waals surface area (Å²) in [5.74, 6) is 0.584. The second-order valence-corrected chi connectivity index (χ2v) is 8.35. The molecule has 3 aliphatic rings. The molecule has 0 aliphatic carbocycles. The summed E-state index contributed by atoms with van der Waals surface area (Å²) in [4.78, 5) is 29.3. The van der Waals surface area contributed by atoms with E-state index in [-0.39, 0.29) is 23.9 Å². The van der Waals surface area contributed by atoms with Gasteiger partial charge in [-0.1, -0.05) is 37.6 Å². The molecule has 4 rings (SSSR count). The quantitative estimate of drug-likeness (QED) is 0.811. The van der Waals surface area contributed by atoms with Gasteiger partial charge in [0.2, 0.25) is 11.8 Å². The van der Waals surface area contributed by atoms with Gasteiger partial charge >= 0.3 is 0 Å². The van der Waals surface area contributed by atoms with E-state index in [1.54, 1.807) is 0 Å². The first-order chi connectivity index (χ1) is 12.4. The van der Waals surface area contributed by atoms with Crippen LogP contribution in [0.15, 0.2) is 24.3 Å². The van der Waals surface area contributed by atoms with Crippen LogP contribution in [0, 0.1) is 5.92 Å². The Labute approximate surface area is 159 Å². The lowest BCUT2D eigenvalue weighted by Gasteiger charge is -2.34. The molecule has 6 heteroatoms. The molecule has 0 unspecified atom stereocenters. The summed E-state index contributed by atoms with van der Waals surface area (Å²) in [7, 11) is 0. The highest BCUT2D eigenvalue weighted by atomic mass is 35.5. The lowest BCUT2D eigenvalue weighted by atomic mass is 10.0. The highest BCUT2D eigenvalue weighted by Crippen LogP contribution is 2.48. The normalized spacial score (nSPS) is 30.2. The van der Waals surface area contributed by atoms with Crippen LogP contribution in [0.1, 0.15) is 38.7 Å². The Morgan fingerprint density at radius 3 is 2.77 bits per heavy atom. The van der Waals surface area contributed by atoms with E-state index in [1.807, 2.05) is 34.1 Å². The maximum absolute atomic E-state index is 12.9. The summed E-state index contributed by atoms with van der Waals surface area (Å²) in [6.07, 6.45) is 2.23. The van der Waals surface area contributed by atoms with Crippen molar-refractivity contribution in [2.24, 2.45) is 5.92 Å². The van der Waals surface area contributed by atoms with Crippen LogP contribution < -0.4 is 0 Å². The number of ether oxygens (including phenoxy) is 1. The molecule has 5 nitrogen and oxygen atoms in total. The molecule has 26 heavy (non-hydrogen) atoms. The highest BCUT2D eigenvalue weighted by Gasteiger charge is 2.65. The third-order valence-corrected chi connectivity index (χ3v) is 6.37. The number of rotatable bonds is 4.